The summed E-state index contributed by atoms with van der Waals surface area (Å²) in [4.78, 5) is 26.0. The molecule has 1 fully saturated rings. The first-order chi connectivity index (χ1) is 13.0. The largest absolute Gasteiger partial charge is 0.351 e. The van der Waals surface area contributed by atoms with Gasteiger partial charge in [0.05, 0.1) is 0 Å². The van der Waals surface area contributed by atoms with E-state index in [4.69, 9.17) is 0 Å². The summed E-state index contributed by atoms with van der Waals surface area (Å²) in [7, 11) is 1.81. The van der Waals surface area contributed by atoms with Gasteiger partial charge in [0.15, 0.2) is 0 Å². The second-order valence-corrected chi connectivity index (χ2v) is 7.94. The number of carbonyl (C=O) groups is 2. The van der Waals surface area contributed by atoms with Crippen LogP contribution < -0.4 is 10.6 Å². The van der Waals surface area contributed by atoms with Gasteiger partial charge < -0.3 is 15.5 Å². The van der Waals surface area contributed by atoms with Crippen LogP contribution in [0.2, 0.25) is 0 Å². The highest BCUT2D eigenvalue weighted by Gasteiger charge is 2.14. The van der Waals surface area contributed by atoms with E-state index >= 15 is 0 Å². The van der Waals surface area contributed by atoms with Crippen molar-refractivity contribution in [1.29, 1.82) is 0 Å². The highest BCUT2D eigenvalue weighted by molar-refractivity contribution is 5.94. The second kappa shape index (κ2) is 12.8. The van der Waals surface area contributed by atoms with Crippen molar-refractivity contribution in [2.45, 2.75) is 65.0 Å². The average Bonchev–Trinajstić information content (AvgIpc) is 2.93. The van der Waals surface area contributed by atoms with Gasteiger partial charge in [-0.15, -0.1) is 12.4 Å². The molecule has 6 heteroatoms. The highest BCUT2D eigenvalue weighted by atomic mass is 35.5. The van der Waals surface area contributed by atoms with E-state index in [9.17, 15) is 9.59 Å². The molecule has 5 nitrogen and oxygen atoms in total. The van der Waals surface area contributed by atoms with E-state index in [0.29, 0.717) is 24.7 Å². The Hall–Kier alpha value is -1.59. The van der Waals surface area contributed by atoms with Gasteiger partial charge in [0.2, 0.25) is 5.91 Å². The summed E-state index contributed by atoms with van der Waals surface area (Å²) in [5.74, 6) is 0.0699. The van der Waals surface area contributed by atoms with Crippen molar-refractivity contribution in [1.82, 2.24) is 15.5 Å². The molecule has 158 valence electrons. The van der Waals surface area contributed by atoms with E-state index in [0.717, 1.165) is 12.1 Å². The highest BCUT2D eigenvalue weighted by Crippen LogP contribution is 2.16. The molecule has 0 aliphatic heterocycles. The van der Waals surface area contributed by atoms with Gasteiger partial charge in [-0.25, -0.2) is 0 Å². The maximum Gasteiger partial charge on any atom is 0.251 e. The van der Waals surface area contributed by atoms with Crippen molar-refractivity contribution in [2.24, 2.45) is 5.92 Å². The second-order valence-electron chi connectivity index (χ2n) is 7.94. The quantitative estimate of drug-likeness (QED) is 0.507. The fourth-order valence-corrected chi connectivity index (χ4v) is 3.59. The average molecular weight is 410 g/mol. The third-order valence-corrected chi connectivity index (χ3v) is 5.20. The molecule has 0 saturated heterocycles. The first kappa shape index (κ1) is 24.4. The molecular formula is C22H36ClN3O2. The molecule has 1 aliphatic carbocycles. The molecule has 0 atom stereocenters. The first-order valence-corrected chi connectivity index (χ1v) is 10.3. The van der Waals surface area contributed by atoms with Crippen LogP contribution in [0.5, 0.6) is 0 Å². The number of halogens is 1. The summed E-state index contributed by atoms with van der Waals surface area (Å²) in [5, 5.41) is 6.55. The van der Waals surface area contributed by atoms with Crippen molar-refractivity contribution in [3.8, 4) is 0 Å². The van der Waals surface area contributed by atoms with E-state index in [1.165, 1.54) is 38.5 Å². The number of nitrogens with one attached hydrogen (secondary N) is 2. The third-order valence-electron chi connectivity index (χ3n) is 5.20. The Kier molecular flexibility index (Phi) is 11.2. The van der Waals surface area contributed by atoms with Crippen LogP contribution in [0, 0.1) is 5.92 Å². The minimum atomic E-state index is -0.0455. The van der Waals surface area contributed by atoms with Crippen LogP contribution in [-0.2, 0) is 11.3 Å². The van der Waals surface area contributed by atoms with Gasteiger partial charge >= 0.3 is 0 Å². The van der Waals surface area contributed by atoms with Crippen LogP contribution in [0.4, 0.5) is 0 Å². The summed E-state index contributed by atoms with van der Waals surface area (Å²) in [5.41, 5.74) is 1.68. The van der Waals surface area contributed by atoms with Gasteiger partial charge in [-0.1, -0.05) is 51.7 Å². The first-order valence-electron chi connectivity index (χ1n) is 10.3. The van der Waals surface area contributed by atoms with E-state index in [-0.39, 0.29) is 30.1 Å². The summed E-state index contributed by atoms with van der Waals surface area (Å²) >= 11 is 0. The minimum absolute atomic E-state index is 0. The number of hydrogen-bond donors (Lipinski definition) is 2. The number of rotatable bonds is 8. The zero-order valence-electron chi connectivity index (χ0n) is 17.5. The van der Waals surface area contributed by atoms with Gasteiger partial charge in [-0.05, 0) is 30.5 Å². The smallest absolute Gasteiger partial charge is 0.251 e. The number of amides is 2. The number of carbonyl (C=O) groups excluding carboxylic acids is 2. The van der Waals surface area contributed by atoms with E-state index in [2.05, 4.69) is 10.6 Å². The maximum absolute atomic E-state index is 12.3. The Morgan fingerprint density at radius 2 is 1.64 bits per heavy atom. The monoisotopic (exact) mass is 409 g/mol. The van der Waals surface area contributed by atoms with Gasteiger partial charge in [0, 0.05) is 44.2 Å². The lowest BCUT2D eigenvalue weighted by Crippen LogP contribution is -2.36. The van der Waals surface area contributed by atoms with E-state index in [1.54, 1.807) is 4.90 Å². The van der Waals surface area contributed by atoms with Gasteiger partial charge in [0.25, 0.3) is 5.91 Å². The summed E-state index contributed by atoms with van der Waals surface area (Å²) in [6, 6.07) is 8.11. The molecule has 1 aromatic carbocycles. The number of benzene rings is 1. The van der Waals surface area contributed by atoms with Crippen molar-refractivity contribution in [3.05, 3.63) is 35.4 Å². The fraction of sp³-hybridized carbons (Fsp3) is 0.636. The Bertz CT molecular complexity index is 596. The lowest BCUT2D eigenvalue weighted by molar-refractivity contribution is -0.133. The van der Waals surface area contributed by atoms with Crippen LogP contribution in [0.15, 0.2) is 24.3 Å². The Labute approximate surface area is 176 Å². The molecule has 0 radical (unpaired) electrons. The van der Waals surface area contributed by atoms with Crippen LogP contribution in [0.1, 0.15) is 68.3 Å². The van der Waals surface area contributed by atoms with Crippen molar-refractivity contribution in [3.63, 3.8) is 0 Å². The predicted molar refractivity (Wildman–Crippen MR) is 117 cm³/mol. The lowest BCUT2D eigenvalue weighted by atomic mass is 10.1. The Balaban J connectivity index is 0.00000392. The molecule has 0 heterocycles. The Morgan fingerprint density at radius 3 is 2.21 bits per heavy atom. The molecule has 0 unspecified atom stereocenters. The molecule has 2 N–H and O–H groups in total. The van der Waals surface area contributed by atoms with Crippen LogP contribution in [-0.4, -0.2) is 42.9 Å². The molecule has 1 aliphatic rings. The molecule has 2 amide bonds. The Morgan fingerprint density at radius 1 is 1.04 bits per heavy atom. The van der Waals surface area contributed by atoms with E-state index in [1.807, 2.05) is 45.2 Å². The summed E-state index contributed by atoms with van der Waals surface area (Å²) in [6.45, 7) is 5.82. The molecule has 0 bridgehead atoms. The molecular weight excluding hydrogens is 374 g/mol. The van der Waals surface area contributed by atoms with Crippen LogP contribution in [0.3, 0.4) is 0 Å². The van der Waals surface area contributed by atoms with Gasteiger partial charge in [0.1, 0.15) is 0 Å². The SMILES string of the molecule is CC(C)C(=O)N(C)Cc1ccc(C(=O)NCCNC2CCCCCC2)cc1.Cl. The molecule has 0 aromatic heterocycles. The number of hydrogen-bond acceptors (Lipinski definition) is 3. The molecule has 28 heavy (non-hydrogen) atoms. The van der Waals surface area contributed by atoms with Crippen molar-refractivity contribution >= 4 is 24.2 Å². The van der Waals surface area contributed by atoms with Crippen LogP contribution in [0.25, 0.3) is 0 Å². The fourth-order valence-electron chi connectivity index (χ4n) is 3.59. The minimum Gasteiger partial charge on any atom is -0.351 e. The van der Waals surface area contributed by atoms with E-state index < -0.39 is 0 Å². The molecule has 1 saturated carbocycles. The lowest BCUT2D eigenvalue weighted by Gasteiger charge is -2.19. The maximum atomic E-state index is 12.3. The normalized spacial score (nSPS) is 14.9. The van der Waals surface area contributed by atoms with Crippen molar-refractivity contribution < 1.29 is 9.59 Å². The molecule has 1 aromatic rings. The molecule has 0 spiro atoms. The standard InChI is InChI=1S/C22H35N3O2.ClH/c1-17(2)22(27)25(3)16-18-10-12-19(13-11-18)21(26)24-15-14-23-20-8-6-4-5-7-9-20;/h10-13,17,20,23H,4-9,14-16H2,1-3H3,(H,24,26);1H. The van der Waals surface area contributed by atoms with Gasteiger partial charge in [-0.3, -0.25) is 9.59 Å². The predicted octanol–water partition coefficient (Wildman–Crippen LogP) is 3.77. The zero-order valence-corrected chi connectivity index (χ0v) is 18.3. The third kappa shape index (κ3) is 8.19. The summed E-state index contributed by atoms with van der Waals surface area (Å²) in [6.07, 6.45) is 7.84. The van der Waals surface area contributed by atoms with Crippen molar-refractivity contribution in [2.75, 3.05) is 20.1 Å². The van der Waals surface area contributed by atoms with Crippen LogP contribution >= 0.6 is 12.4 Å². The number of nitrogens with zero attached hydrogens (tertiary/aromatic N) is 1. The molecule has 2 rings (SSSR count). The summed E-state index contributed by atoms with van der Waals surface area (Å²) < 4.78 is 0. The topological polar surface area (TPSA) is 61.4 Å². The van der Waals surface area contributed by atoms with Gasteiger partial charge in [-0.2, -0.15) is 0 Å². The zero-order chi connectivity index (χ0) is 19.6.